The van der Waals surface area contributed by atoms with Crippen molar-refractivity contribution >= 4 is 117 Å². The van der Waals surface area contributed by atoms with Crippen LogP contribution in [-0.4, -0.2) is 0 Å². The molecule has 126 valence electrons. The molecule has 0 N–H and O–H groups in total. The summed E-state index contributed by atoms with van der Waals surface area (Å²) in [5.41, 5.74) is 2.71. The number of halogens is 4. The van der Waals surface area contributed by atoms with Gasteiger partial charge in [-0.05, 0) is 0 Å². The molecule has 0 unspecified atom stereocenters. The fourth-order valence-electron chi connectivity index (χ4n) is 1.62. The average Bonchev–Trinajstić information content (AvgIpc) is 2.38. The Balaban J connectivity index is -0.000000902. The van der Waals surface area contributed by atoms with Crippen LogP contribution in [0.15, 0.2) is 48.8 Å². The number of hydrogen-bond acceptors (Lipinski definition) is 2. The Morgan fingerprint density at radius 2 is 1.05 bits per heavy atom. The molecule has 2 aromatic heterocycles. The molecule has 2 aromatic rings. The van der Waals surface area contributed by atoms with E-state index in [9.17, 15) is 0 Å². The van der Waals surface area contributed by atoms with Gasteiger partial charge >= 0.3 is 0 Å². The highest BCUT2D eigenvalue weighted by Crippen LogP contribution is 2.27. The van der Waals surface area contributed by atoms with Crippen LogP contribution in [0.3, 0.4) is 0 Å². The molecule has 8 heteroatoms. The van der Waals surface area contributed by atoms with Gasteiger partial charge in [0, 0.05) is 24.3 Å². The van der Waals surface area contributed by atoms with Crippen molar-refractivity contribution in [2.75, 3.05) is 0 Å². The Morgan fingerprint density at radius 3 is 1.36 bits per heavy atom. The zero-order valence-corrected chi connectivity index (χ0v) is 23.3. The third-order valence-electron chi connectivity index (χ3n) is 2.82. The second kappa shape index (κ2) is 16.4. The van der Waals surface area contributed by atoms with Crippen molar-refractivity contribution in [1.82, 2.24) is 0 Å². The van der Waals surface area contributed by atoms with Gasteiger partial charge in [0.05, 0.1) is 11.5 Å². The number of nitrogens with zero attached hydrogens (tertiary/aromatic N) is 2. The first-order valence-corrected chi connectivity index (χ1v) is 8.37. The van der Waals surface area contributed by atoms with E-state index < -0.39 is 0 Å². The van der Waals surface area contributed by atoms with E-state index in [-0.39, 0.29) is 95.9 Å². The molecule has 0 aliphatic carbocycles. The van der Waals surface area contributed by atoms with E-state index in [1.165, 1.54) is 11.4 Å². The highest BCUT2D eigenvalue weighted by molar-refractivity contribution is 14.0. The molecule has 2 nitrogen and oxygen atoms in total. The van der Waals surface area contributed by atoms with Crippen molar-refractivity contribution in [2.45, 2.75) is 11.5 Å². The molecule has 0 spiro atoms. The van der Waals surface area contributed by atoms with E-state index in [0.29, 0.717) is 0 Å². The van der Waals surface area contributed by atoms with Crippen LogP contribution in [0.2, 0.25) is 0 Å². The predicted molar refractivity (Wildman–Crippen MR) is 139 cm³/mol. The third kappa shape index (κ3) is 10.0. The molecule has 0 fully saturated rings. The van der Waals surface area contributed by atoms with Gasteiger partial charge in [-0.3, -0.25) is 0 Å². The van der Waals surface area contributed by atoms with E-state index in [4.69, 9.17) is 0 Å². The number of hydrogen-bond donors (Lipinski definition) is 0. The Labute approximate surface area is 209 Å². The molecule has 0 saturated carbocycles. The van der Waals surface area contributed by atoms with E-state index >= 15 is 0 Å². The first kappa shape index (κ1) is 28.7. The summed E-state index contributed by atoms with van der Waals surface area (Å²) in [7, 11) is 8.00. The van der Waals surface area contributed by atoms with Gasteiger partial charge in [0.25, 0.3) is 0 Å². The van der Waals surface area contributed by atoms with E-state index in [2.05, 4.69) is 72.0 Å². The number of rotatable bonds is 5. The Morgan fingerprint density at radius 1 is 0.682 bits per heavy atom. The maximum absolute atomic E-state index is 2.18. The van der Waals surface area contributed by atoms with Crippen LogP contribution in [-0.2, 0) is 25.6 Å². The summed E-state index contributed by atoms with van der Waals surface area (Å²) in [5, 5.41) is 0. The Bertz CT molecular complexity index is 482. The lowest BCUT2D eigenvalue weighted by atomic mass is 10.4. The van der Waals surface area contributed by atoms with E-state index in [1.54, 1.807) is 0 Å². The van der Waals surface area contributed by atoms with Crippen LogP contribution < -0.4 is 9.13 Å². The van der Waals surface area contributed by atoms with Crippen LogP contribution in [0.25, 0.3) is 0 Å². The van der Waals surface area contributed by atoms with Gasteiger partial charge in [-0.15, -0.1) is 95.9 Å². The van der Waals surface area contributed by atoms with Gasteiger partial charge in [-0.2, -0.15) is 0 Å². The smallest absolute Gasteiger partial charge is 0.191 e. The topological polar surface area (TPSA) is 7.76 Å². The first-order valence-electron chi connectivity index (χ1n) is 5.89. The van der Waals surface area contributed by atoms with Crippen LogP contribution >= 0.6 is 117 Å². The van der Waals surface area contributed by atoms with Crippen molar-refractivity contribution in [3.8, 4) is 0 Å². The SMILES string of the molecule is C[n+]1ccccc1CSSCc1cccc[n+]1C.I.I.I.I. The molecule has 0 aromatic carbocycles. The van der Waals surface area contributed by atoms with Crippen molar-refractivity contribution in [3.63, 3.8) is 0 Å². The van der Waals surface area contributed by atoms with Crippen molar-refractivity contribution in [1.29, 1.82) is 0 Å². The predicted octanol–water partition coefficient (Wildman–Crippen LogP) is 4.89. The number of aryl methyl sites for hydroxylation is 2. The Kier molecular flexibility index (Phi) is 21.4. The molecule has 0 aliphatic heterocycles. The first-order chi connectivity index (χ1) is 8.77. The zero-order valence-electron chi connectivity index (χ0n) is 12.4. The molecule has 2 heterocycles. The van der Waals surface area contributed by atoms with Crippen LogP contribution in [0.1, 0.15) is 11.4 Å². The minimum atomic E-state index is 0. The molecule has 22 heavy (non-hydrogen) atoms. The second-order valence-corrected chi connectivity index (χ2v) is 6.59. The quantitative estimate of drug-likeness (QED) is 0.185. The summed E-state index contributed by atoms with van der Waals surface area (Å²) in [6.07, 6.45) is 4.19. The summed E-state index contributed by atoms with van der Waals surface area (Å²) in [6.45, 7) is 0. The third-order valence-corrected chi connectivity index (χ3v) is 5.02. The Hall–Kier alpha value is 1.92. The summed E-state index contributed by atoms with van der Waals surface area (Å²) in [5.74, 6) is 2.08. The monoisotopic (exact) mass is 790 g/mol. The molecule has 0 amide bonds. The lowest BCUT2D eigenvalue weighted by Crippen LogP contribution is -2.32. The minimum Gasteiger partial charge on any atom is -0.204 e. The van der Waals surface area contributed by atoms with Crippen LogP contribution in [0, 0.1) is 0 Å². The minimum absolute atomic E-state index is 0. The molecule has 0 aliphatic rings. The van der Waals surface area contributed by atoms with Crippen LogP contribution in [0.4, 0.5) is 0 Å². The van der Waals surface area contributed by atoms with E-state index in [0.717, 1.165) is 11.5 Å². The molecule has 0 saturated heterocycles. The summed E-state index contributed by atoms with van der Waals surface area (Å²) in [6, 6.07) is 12.7. The molecule has 0 atom stereocenters. The molecule has 0 radical (unpaired) electrons. The highest BCUT2D eigenvalue weighted by atomic mass is 127. The fourth-order valence-corrected chi connectivity index (χ4v) is 3.85. The van der Waals surface area contributed by atoms with Gasteiger partial charge in [0.15, 0.2) is 23.8 Å². The standard InChI is InChI=1S/C14H18N2S2.4HI/c1-15-9-5-3-7-13(15)11-17-18-12-14-8-4-6-10-16(14)2;;;;/h3-10H,11-12H2,1-2H3;4*1H/q+2;;;;. The van der Waals surface area contributed by atoms with Crippen LogP contribution in [0.5, 0.6) is 0 Å². The van der Waals surface area contributed by atoms with Gasteiger partial charge in [0.2, 0.25) is 0 Å². The lowest BCUT2D eigenvalue weighted by Gasteiger charge is -2.00. The summed E-state index contributed by atoms with van der Waals surface area (Å²) in [4.78, 5) is 0. The van der Waals surface area contributed by atoms with E-state index in [1.807, 2.05) is 21.6 Å². The highest BCUT2D eigenvalue weighted by Gasteiger charge is 2.07. The zero-order chi connectivity index (χ0) is 12.8. The molecule has 0 bridgehead atoms. The van der Waals surface area contributed by atoms with Crippen molar-refractivity contribution < 1.29 is 9.13 Å². The van der Waals surface area contributed by atoms with Gasteiger partial charge in [-0.25, -0.2) is 9.13 Å². The number of aromatic nitrogens is 2. The van der Waals surface area contributed by atoms with Gasteiger partial charge < -0.3 is 0 Å². The largest absolute Gasteiger partial charge is 0.204 e. The maximum atomic E-state index is 2.18. The molecule has 2 rings (SSSR count). The second-order valence-electron chi connectivity index (χ2n) is 4.13. The molecular formula is C14H22I4N2S2+2. The van der Waals surface area contributed by atoms with Gasteiger partial charge in [-0.1, -0.05) is 33.7 Å². The maximum Gasteiger partial charge on any atom is 0.191 e. The number of pyridine rings is 2. The summed E-state index contributed by atoms with van der Waals surface area (Å²) < 4.78 is 4.35. The average molecular weight is 790 g/mol. The molecular weight excluding hydrogens is 768 g/mol. The fraction of sp³-hybridized carbons (Fsp3) is 0.286. The summed E-state index contributed by atoms with van der Waals surface area (Å²) >= 11 is 0. The normalized spacial score (nSPS) is 8.64. The van der Waals surface area contributed by atoms with Crippen molar-refractivity contribution in [2.24, 2.45) is 14.1 Å². The lowest BCUT2D eigenvalue weighted by molar-refractivity contribution is -0.678. The van der Waals surface area contributed by atoms with Crippen molar-refractivity contribution in [3.05, 3.63) is 60.2 Å². The van der Waals surface area contributed by atoms with Gasteiger partial charge in [0.1, 0.15) is 14.1 Å².